The lowest BCUT2D eigenvalue weighted by Crippen LogP contribution is -2.57. The van der Waals surface area contributed by atoms with Crippen LogP contribution in [0.15, 0.2) is 54.6 Å². The molecule has 1 fully saturated rings. The van der Waals surface area contributed by atoms with E-state index in [9.17, 15) is 5.26 Å². The van der Waals surface area contributed by atoms with Crippen molar-refractivity contribution in [3.05, 3.63) is 65.7 Å². The van der Waals surface area contributed by atoms with E-state index in [-0.39, 0.29) is 6.10 Å². The zero-order chi connectivity index (χ0) is 16.8. The van der Waals surface area contributed by atoms with Crippen LogP contribution in [0.25, 0.3) is 0 Å². The van der Waals surface area contributed by atoms with Gasteiger partial charge in [-0.3, -0.25) is 5.32 Å². The lowest BCUT2D eigenvalue weighted by Gasteiger charge is -2.43. The number of rotatable bonds is 7. The summed E-state index contributed by atoms with van der Waals surface area (Å²) >= 11 is 0. The number of hydrogen-bond acceptors (Lipinski definition) is 4. The minimum Gasteiger partial charge on any atom is -0.497 e. The van der Waals surface area contributed by atoms with Gasteiger partial charge in [-0.1, -0.05) is 42.5 Å². The van der Waals surface area contributed by atoms with Crippen LogP contribution in [0.2, 0.25) is 0 Å². The van der Waals surface area contributed by atoms with Gasteiger partial charge in [0, 0.05) is 19.4 Å². The number of nitrogens with zero attached hydrogens (tertiary/aromatic N) is 1. The number of hydrogen-bond donors (Lipinski definition) is 1. The molecule has 0 bridgehead atoms. The number of benzene rings is 2. The Bertz CT molecular complexity index is 686. The molecule has 0 saturated heterocycles. The van der Waals surface area contributed by atoms with Gasteiger partial charge in [0.1, 0.15) is 11.3 Å². The zero-order valence-electron chi connectivity index (χ0n) is 13.9. The minimum atomic E-state index is -0.471. The summed E-state index contributed by atoms with van der Waals surface area (Å²) in [5, 5.41) is 12.9. The zero-order valence-corrected chi connectivity index (χ0v) is 13.9. The minimum absolute atomic E-state index is 0.147. The van der Waals surface area contributed by atoms with E-state index >= 15 is 0 Å². The average Bonchev–Trinajstić information content (AvgIpc) is 2.62. The molecule has 0 aliphatic heterocycles. The van der Waals surface area contributed by atoms with E-state index in [2.05, 4.69) is 23.5 Å². The molecule has 24 heavy (non-hydrogen) atoms. The molecular weight excluding hydrogens is 300 g/mol. The second kappa shape index (κ2) is 7.48. The first-order chi connectivity index (χ1) is 11.7. The molecule has 0 heterocycles. The highest BCUT2D eigenvalue weighted by molar-refractivity contribution is 5.28. The van der Waals surface area contributed by atoms with Gasteiger partial charge in [0.15, 0.2) is 0 Å². The third-order valence-electron chi connectivity index (χ3n) is 4.48. The highest BCUT2D eigenvalue weighted by Gasteiger charge is 2.45. The van der Waals surface area contributed by atoms with E-state index in [0.717, 1.165) is 29.7 Å². The quantitative estimate of drug-likeness (QED) is 0.848. The summed E-state index contributed by atoms with van der Waals surface area (Å²) in [7, 11) is 1.65. The Labute approximate surface area is 143 Å². The van der Waals surface area contributed by atoms with Gasteiger partial charge in [0.25, 0.3) is 0 Å². The standard InChI is InChI=1S/C20H22N2O2/c1-23-18-9-7-16(8-10-18)13-22-20(15-21)11-19(12-20)24-14-17-5-3-2-4-6-17/h2-10,19,22H,11-14H2,1H3. The predicted octanol–water partition coefficient (Wildman–Crippen LogP) is 3.43. The van der Waals surface area contributed by atoms with Crippen molar-refractivity contribution in [3.8, 4) is 11.8 Å². The summed E-state index contributed by atoms with van der Waals surface area (Å²) in [5.41, 5.74) is 1.83. The molecule has 2 aromatic carbocycles. The van der Waals surface area contributed by atoms with Crippen LogP contribution in [0.1, 0.15) is 24.0 Å². The Hall–Kier alpha value is -2.35. The molecule has 1 aliphatic rings. The SMILES string of the molecule is COc1ccc(CNC2(C#N)CC(OCc3ccccc3)C2)cc1. The number of methoxy groups -OCH3 is 1. The van der Waals surface area contributed by atoms with Gasteiger partial charge in [0.05, 0.1) is 25.9 Å². The summed E-state index contributed by atoms with van der Waals surface area (Å²) in [5.74, 6) is 0.840. The first-order valence-corrected chi connectivity index (χ1v) is 8.18. The largest absolute Gasteiger partial charge is 0.497 e. The molecular formula is C20H22N2O2. The van der Waals surface area contributed by atoms with Crippen LogP contribution >= 0.6 is 0 Å². The highest BCUT2D eigenvalue weighted by Crippen LogP contribution is 2.35. The molecule has 0 spiro atoms. The molecule has 4 nitrogen and oxygen atoms in total. The summed E-state index contributed by atoms with van der Waals surface area (Å²) in [6.45, 7) is 1.27. The maximum absolute atomic E-state index is 9.51. The highest BCUT2D eigenvalue weighted by atomic mass is 16.5. The predicted molar refractivity (Wildman–Crippen MR) is 92.4 cm³/mol. The van der Waals surface area contributed by atoms with Gasteiger partial charge in [-0.25, -0.2) is 0 Å². The smallest absolute Gasteiger partial charge is 0.118 e. The topological polar surface area (TPSA) is 54.3 Å². The van der Waals surface area contributed by atoms with E-state index in [1.165, 1.54) is 0 Å². The second-order valence-electron chi connectivity index (χ2n) is 6.22. The Morgan fingerprint density at radius 3 is 2.42 bits per heavy atom. The summed E-state index contributed by atoms with van der Waals surface area (Å²) < 4.78 is 11.1. The molecule has 0 radical (unpaired) electrons. The fourth-order valence-electron chi connectivity index (χ4n) is 2.91. The van der Waals surface area contributed by atoms with Crippen molar-refractivity contribution in [2.24, 2.45) is 0 Å². The molecule has 1 saturated carbocycles. The molecule has 0 unspecified atom stereocenters. The fraction of sp³-hybridized carbons (Fsp3) is 0.350. The average molecular weight is 322 g/mol. The van der Waals surface area contributed by atoms with Gasteiger partial charge in [-0.15, -0.1) is 0 Å². The van der Waals surface area contributed by atoms with Crippen molar-refractivity contribution in [2.45, 2.75) is 37.6 Å². The van der Waals surface area contributed by atoms with Gasteiger partial charge < -0.3 is 9.47 Å². The Kier molecular flexibility index (Phi) is 5.14. The van der Waals surface area contributed by atoms with Crippen LogP contribution < -0.4 is 10.1 Å². The first kappa shape index (κ1) is 16.5. The van der Waals surface area contributed by atoms with E-state index in [1.54, 1.807) is 7.11 Å². The van der Waals surface area contributed by atoms with Crippen LogP contribution in [-0.2, 0) is 17.9 Å². The van der Waals surface area contributed by atoms with Crippen molar-refractivity contribution >= 4 is 0 Å². The number of nitrogens with one attached hydrogen (secondary N) is 1. The summed E-state index contributed by atoms with van der Waals surface area (Å²) in [4.78, 5) is 0. The maximum Gasteiger partial charge on any atom is 0.118 e. The van der Waals surface area contributed by atoms with E-state index in [1.807, 2.05) is 42.5 Å². The van der Waals surface area contributed by atoms with Crippen LogP contribution in [0.4, 0.5) is 0 Å². The Morgan fingerprint density at radius 2 is 1.79 bits per heavy atom. The number of nitriles is 1. The molecule has 0 aromatic heterocycles. The maximum atomic E-state index is 9.51. The molecule has 3 rings (SSSR count). The molecule has 4 heteroatoms. The monoisotopic (exact) mass is 322 g/mol. The van der Waals surface area contributed by atoms with Crippen LogP contribution in [0.5, 0.6) is 5.75 Å². The first-order valence-electron chi connectivity index (χ1n) is 8.18. The molecule has 1 aliphatic carbocycles. The Balaban J connectivity index is 1.46. The van der Waals surface area contributed by atoms with E-state index in [0.29, 0.717) is 13.2 Å². The molecule has 1 N–H and O–H groups in total. The van der Waals surface area contributed by atoms with Crippen molar-refractivity contribution in [1.82, 2.24) is 5.32 Å². The lowest BCUT2D eigenvalue weighted by molar-refractivity contribution is -0.0467. The molecule has 0 amide bonds. The number of ether oxygens (including phenoxy) is 2. The summed E-state index contributed by atoms with van der Waals surface area (Å²) in [6, 6.07) is 20.4. The van der Waals surface area contributed by atoms with Crippen molar-refractivity contribution in [1.29, 1.82) is 5.26 Å². The molecule has 124 valence electrons. The van der Waals surface area contributed by atoms with E-state index in [4.69, 9.17) is 9.47 Å². The van der Waals surface area contributed by atoms with Crippen LogP contribution in [0.3, 0.4) is 0 Å². The van der Waals surface area contributed by atoms with E-state index < -0.39 is 5.54 Å². The van der Waals surface area contributed by atoms with Crippen molar-refractivity contribution in [2.75, 3.05) is 7.11 Å². The lowest BCUT2D eigenvalue weighted by atomic mass is 9.75. The Morgan fingerprint density at radius 1 is 1.08 bits per heavy atom. The van der Waals surface area contributed by atoms with Crippen molar-refractivity contribution in [3.63, 3.8) is 0 Å². The van der Waals surface area contributed by atoms with Gasteiger partial charge >= 0.3 is 0 Å². The molecule has 0 atom stereocenters. The van der Waals surface area contributed by atoms with Gasteiger partial charge in [-0.2, -0.15) is 5.26 Å². The molecule has 2 aromatic rings. The normalized spacial score (nSPS) is 22.4. The van der Waals surface area contributed by atoms with Gasteiger partial charge in [0.2, 0.25) is 0 Å². The third kappa shape index (κ3) is 3.94. The third-order valence-corrected chi connectivity index (χ3v) is 4.48. The second-order valence-corrected chi connectivity index (χ2v) is 6.22. The summed E-state index contributed by atoms with van der Waals surface area (Å²) in [6.07, 6.45) is 1.60. The van der Waals surface area contributed by atoms with Crippen LogP contribution in [-0.4, -0.2) is 18.8 Å². The van der Waals surface area contributed by atoms with Crippen LogP contribution in [0, 0.1) is 11.3 Å². The fourth-order valence-corrected chi connectivity index (χ4v) is 2.91. The van der Waals surface area contributed by atoms with Gasteiger partial charge in [-0.05, 0) is 23.3 Å². The van der Waals surface area contributed by atoms with Crippen molar-refractivity contribution < 1.29 is 9.47 Å².